The highest BCUT2D eigenvalue weighted by molar-refractivity contribution is 6.02. The van der Waals surface area contributed by atoms with Gasteiger partial charge in [-0.15, -0.1) is 0 Å². The zero-order valence-corrected chi connectivity index (χ0v) is 22.6. The summed E-state index contributed by atoms with van der Waals surface area (Å²) in [5, 5.41) is 28.0. The number of aliphatic imine (C=N–C) groups is 1. The van der Waals surface area contributed by atoms with Gasteiger partial charge in [0.05, 0.1) is 25.4 Å². The normalized spacial score (nSPS) is 19.5. The van der Waals surface area contributed by atoms with Crippen LogP contribution in [0.15, 0.2) is 47.6 Å². The molecule has 12 nitrogen and oxygen atoms in total. The largest absolute Gasteiger partial charge is 0.504 e. The zero-order valence-electron chi connectivity index (χ0n) is 22.6. The van der Waals surface area contributed by atoms with Crippen molar-refractivity contribution in [3.05, 3.63) is 65.4 Å². The number of aromatic hydroxyl groups is 1. The lowest BCUT2D eigenvalue weighted by atomic mass is 9.77. The lowest BCUT2D eigenvalue weighted by Gasteiger charge is -2.40. The quantitative estimate of drug-likeness (QED) is 0.167. The van der Waals surface area contributed by atoms with Gasteiger partial charge in [0.25, 0.3) is 5.88 Å². The number of nitrogens with one attached hydrogen (secondary N) is 1. The third-order valence-corrected chi connectivity index (χ3v) is 6.84. The molecule has 0 amide bonds. The summed E-state index contributed by atoms with van der Waals surface area (Å²) in [5.41, 5.74) is 4.44. The van der Waals surface area contributed by atoms with Gasteiger partial charge in [0, 0.05) is 32.0 Å². The SMILES string of the molecule is COC(=O)C1(O)CC(Oc2ccc(Oc3c(F)cnc(Oc4cc(C(=N)N)ccc4O)c3F)c(C3=NCCN3C)c2)C1. The summed E-state index contributed by atoms with van der Waals surface area (Å²) >= 11 is 0. The first-order chi connectivity index (χ1) is 20.0. The maximum Gasteiger partial charge on any atom is 0.338 e. The van der Waals surface area contributed by atoms with Gasteiger partial charge in [-0.1, -0.05) is 0 Å². The van der Waals surface area contributed by atoms with Crippen LogP contribution in [0.4, 0.5) is 8.78 Å². The first-order valence-corrected chi connectivity index (χ1v) is 12.7. The summed E-state index contributed by atoms with van der Waals surface area (Å²) in [6, 6.07) is 8.34. The van der Waals surface area contributed by atoms with E-state index in [9.17, 15) is 19.4 Å². The molecule has 2 aromatic carbocycles. The van der Waals surface area contributed by atoms with Crippen molar-refractivity contribution in [3.8, 4) is 34.6 Å². The number of amidine groups is 2. The number of halogens is 2. The fourth-order valence-corrected chi connectivity index (χ4v) is 4.57. The number of phenols is 1. The number of aromatic nitrogens is 1. The van der Waals surface area contributed by atoms with Gasteiger partial charge < -0.3 is 39.8 Å². The molecule has 0 radical (unpaired) electrons. The molecule has 220 valence electrons. The highest BCUT2D eigenvalue weighted by Crippen LogP contribution is 2.40. The molecule has 0 bridgehead atoms. The molecule has 2 heterocycles. The van der Waals surface area contributed by atoms with Crippen LogP contribution < -0.4 is 19.9 Å². The van der Waals surface area contributed by atoms with Gasteiger partial charge in [0.15, 0.2) is 22.9 Å². The Balaban J connectivity index is 1.43. The first-order valence-electron chi connectivity index (χ1n) is 12.7. The molecule has 42 heavy (non-hydrogen) atoms. The van der Waals surface area contributed by atoms with Gasteiger partial charge in [-0.25, -0.2) is 14.2 Å². The van der Waals surface area contributed by atoms with Crippen LogP contribution in [-0.2, 0) is 9.53 Å². The number of nitrogen functional groups attached to an aromatic ring is 1. The molecule has 3 aromatic rings. The molecule has 0 spiro atoms. The molecule has 2 aliphatic rings. The highest BCUT2D eigenvalue weighted by atomic mass is 19.1. The number of carbonyl (C=O) groups excluding carboxylic acids is 1. The van der Waals surface area contributed by atoms with Crippen molar-refractivity contribution in [2.24, 2.45) is 10.7 Å². The number of pyridine rings is 1. The first kappa shape index (κ1) is 28.5. The number of hydrogen-bond donors (Lipinski definition) is 4. The molecule has 1 aromatic heterocycles. The van der Waals surface area contributed by atoms with E-state index >= 15 is 4.39 Å². The van der Waals surface area contributed by atoms with Gasteiger partial charge in [-0.2, -0.15) is 4.39 Å². The summed E-state index contributed by atoms with van der Waals surface area (Å²) in [4.78, 5) is 21.7. The number of ether oxygens (including phenoxy) is 4. The predicted octanol–water partition coefficient (Wildman–Crippen LogP) is 3.07. The van der Waals surface area contributed by atoms with Gasteiger partial charge in [0.2, 0.25) is 11.6 Å². The minimum Gasteiger partial charge on any atom is -0.504 e. The molecule has 0 atom stereocenters. The van der Waals surface area contributed by atoms with E-state index in [4.69, 9.17) is 25.4 Å². The summed E-state index contributed by atoms with van der Waals surface area (Å²) in [6.45, 7) is 1.09. The van der Waals surface area contributed by atoms with Gasteiger partial charge in [0.1, 0.15) is 29.3 Å². The number of phenolic OH excluding ortho intramolecular Hbond substituents is 1. The highest BCUT2D eigenvalue weighted by Gasteiger charge is 2.51. The monoisotopic (exact) mass is 583 g/mol. The molecule has 1 saturated carbocycles. The molecule has 1 aliphatic carbocycles. The molecule has 5 N–H and O–H groups in total. The lowest BCUT2D eigenvalue weighted by molar-refractivity contribution is -0.182. The lowest BCUT2D eigenvalue weighted by Crippen LogP contribution is -2.55. The second kappa shape index (κ2) is 11.1. The van der Waals surface area contributed by atoms with Crippen molar-refractivity contribution in [3.63, 3.8) is 0 Å². The smallest absolute Gasteiger partial charge is 0.338 e. The van der Waals surface area contributed by atoms with Gasteiger partial charge in [-0.05, 0) is 36.4 Å². The number of benzene rings is 2. The Kier molecular flexibility index (Phi) is 7.56. The fourth-order valence-electron chi connectivity index (χ4n) is 4.57. The Bertz CT molecular complexity index is 1590. The van der Waals surface area contributed by atoms with Crippen molar-refractivity contribution in [2.75, 3.05) is 27.2 Å². The Morgan fingerprint density at radius 2 is 1.93 bits per heavy atom. The van der Waals surface area contributed by atoms with Crippen LogP contribution in [0.1, 0.15) is 24.0 Å². The third-order valence-electron chi connectivity index (χ3n) is 6.84. The van der Waals surface area contributed by atoms with E-state index in [1.54, 1.807) is 13.1 Å². The predicted molar refractivity (Wildman–Crippen MR) is 145 cm³/mol. The van der Waals surface area contributed by atoms with Crippen LogP contribution >= 0.6 is 0 Å². The average molecular weight is 584 g/mol. The number of aliphatic hydroxyl groups is 1. The number of likely N-dealkylation sites (N-methyl/N-ethyl adjacent to an activating group) is 1. The Morgan fingerprint density at radius 3 is 2.60 bits per heavy atom. The Morgan fingerprint density at radius 1 is 1.17 bits per heavy atom. The number of nitrogens with zero attached hydrogens (tertiary/aromatic N) is 3. The second-order valence-corrected chi connectivity index (χ2v) is 9.81. The van der Waals surface area contributed by atoms with Crippen LogP contribution in [0.5, 0.6) is 34.6 Å². The van der Waals surface area contributed by atoms with Gasteiger partial charge in [-0.3, -0.25) is 10.4 Å². The van der Waals surface area contributed by atoms with Crippen LogP contribution in [0.2, 0.25) is 0 Å². The summed E-state index contributed by atoms with van der Waals surface area (Å²) in [5.74, 6) is -4.71. The number of nitrogens with two attached hydrogens (primary N) is 1. The fraction of sp³-hybridized carbons (Fsp3) is 0.286. The van der Waals surface area contributed by atoms with E-state index in [1.807, 2.05) is 4.90 Å². The molecule has 0 unspecified atom stereocenters. The van der Waals surface area contributed by atoms with Crippen molar-refractivity contribution >= 4 is 17.6 Å². The summed E-state index contributed by atoms with van der Waals surface area (Å²) < 4.78 is 52.1. The number of hydrogen-bond acceptors (Lipinski definition) is 11. The number of methoxy groups -OCH3 is 1. The standard InChI is InChI=1S/C28H27F2N5O7/c1-35-8-7-33-25(35)17-10-15(40-16-11-28(38,12-16)27(37)39-2)4-6-20(17)41-23-18(29)13-34-26(22(23)30)42-21-9-14(24(31)32)3-5-19(21)36/h3-6,9-10,13,16,36,38H,7-8,11-12H2,1-2H3,(H3,31,32). The van der Waals surface area contributed by atoms with Crippen molar-refractivity contribution < 1.29 is 42.7 Å². The topological polar surface area (TPSA) is 173 Å². The van der Waals surface area contributed by atoms with E-state index in [0.717, 1.165) is 0 Å². The number of esters is 1. The molecular formula is C28H27F2N5O7. The maximum atomic E-state index is 15.5. The minimum atomic E-state index is -1.61. The number of rotatable bonds is 9. The van der Waals surface area contributed by atoms with Crippen LogP contribution in [0, 0.1) is 17.0 Å². The maximum absolute atomic E-state index is 15.5. The minimum absolute atomic E-state index is 0.0369. The average Bonchev–Trinajstić information content (AvgIpc) is 3.38. The van der Waals surface area contributed by atoms with Crippen LogP contribution in [-0.4, -0.2) is 76.7 Å². The van der Waals surface area contributed by atoms with Crippen LogP contribution in [0.3, 0.4) is 0 Å². The molecule has 5 rings (SSSR count). The molecule has 0 saturated heterocycles. The van der Waals surface area contributed by atoms with Crippen molar-refractivity contribution in [1.82, 2.24) is 9.88 Å². The Hall–Kier alpha value is -4.98. The zero-order chi connectivity index (χ0) is 30.2. The molecule has 1 aliphatic heterocycles. The summed E-state index contributed by atoms with van der Waals surface area (Å²) in [6.07, 6.45) is 0.309. The molecular weight excluding hydrogens is 556 g/mol. The van der Waals surface area contributed by atoms with E-state index in [2.05, 4.69) is 14.7 Å². The second-order valence-electron chi connectivity index (χ2n) is 9.81. The molecule has 14 heteroatoms. The van der Waals surface area contributed by atoms with Crippen molar-refractivity contribution in [2.45, 2.75) is 24.5 Å². The van der Waals surface area contributed by atoms with Crippen LogP contribution in [0.25, 0.3) is 0 Å². The number of carbonyl (C=O) groups is 1. The van der Waals surface area contributed by atoms with E-state index < -0.39 is 40.9 Å². The summed E-state index contributed by atoms with van der Waals surface area (Å²) in [7, 11) is 2.99. The van der Waals surface area contributed by atoms with E-state index in [-0.39, 0.29) is 41.5 Å². The van der Waals surface area contributed by atoms with Crippen molar-refractivity contribution in [1.29, 1.82) is 5.41 Å². The van der Waals surface area contributed by atoms with E-state index in [0.29, 0.717) is 36.4 Å². The van der Waals surface area contributed by atoms with E-state index in [1.165, 1.54) is 37.4 Å². The third kappa shape index (κ3) is 5.48. The van der Waals surface area contributed by atoms with Gasteiger partial charge >= 0.3 is 5.97 Å². The molecule has 1 fully saturated rings. The Labute approximate surface area is 238 Å².